The monoisotopic (exact) mass is 431 g/mol. The van der Waals surface area contributed by atoms with E-state index in [4.69, 9.17) is 9.15 Å². The Labute approximate surface area is 184 Å². The van der Waals surface area contributed by atoms with Crippen LogP contribution < -0.4 is 15.4 Å². The second-order valence-electron chi connectivity index (χ2n) is 8.16. The van der Waals surface area contributed by atoms with E-state index in [0.717, 1.165) is 62.3 Å². The summed E-state index contributed by atoms with van der Waals surface area (Å²) < 4.78 is 25.1. The summed E-state index contributed by atoms with van der Waals surface area (Å²) in [6.07, 6.45) is 2.05. The lowest BCUT2D eigenvalue weighted by molar-refractivity contribution is 0.164. The molecule has 1 aliphatic rings. The SMILES string of the molecule is CN=C(NCC1CCN(Cc2nc(C)c(C)o2)CC1)NCC(C)Oc1ccccc1F. The molecule has 2 N–H and O–H groups in total. The average molecular weight is 432 g/mol. The molecule has 0 spiro atoms. The van der Waals surface area contributed by atoms with E-state index in [-0.39, 0.29) is 17.7 Å². The van der Waals surface area contributed by atoms with Gasteiger partial charge in [-0.3, -0.25) is 9.89 Å². The second kappa shape index (κ2) is 11.1. The van der Waals surface area contributed by atoms with E-state index in [9.17, 15) is 4.39 Å². The Kier molecular flexibility index (Phi) is 8.28. The first-order valence-corrected chi connectivity index (χ1v) is 11.0. The largest absolute Gasteiger partial charge is 0.486 e. The second-order valence-corrected chi connectivity index (χ2v) is 8.16. The summed E-state index contributed by atoms with van der Waals surface area (Å²) in [6, 6.07) is 6.44. The van der Waals surface area contributed by atoms with Gasteiger partial charge in [0.1, 0.15) is 11.9 Å². The number of benzene rings is 1. The van der Waals surface area contributed by atoms with E-state index in [1.807, 2.05) is 20.8 Å². The Morgan fingerprint density at radius 2 is 2.03 bits per heavy atom. The van der Waals surface area contributed by atoms with Crippen LogP contribution in [-0.2, 0) is 6.54 Å². The van der Waals surface area contributed by atoms with Gasteiger partial charge in [0, 0.05) is 13.6 Å². The van der Waals surface area contributed by atoms with Gasteiger partial charge in [-0.05, 0) is 64.8 Å². The Hall–Kier alpha value is -2.61. The molecule has 1 aromatic heterocycles. The van der Waals surface area contributed by atoms with Crippen LogP contribution in [0.4, 0.5) is 4.39 Å². The van der Waals surface area contributed by atoms with E-state index < -0.39 is 0 Å². The number of hydrogen-bond acceptors (Lipinski definition) is 5. The number of likely N-dealkylation sites (tertiary alicyclic amines) is 1. The summed E-state index contributed by atoms with van der Waals surface area (Å²) in [5, 5.41) is 6.66. The number of nitrogens with zero attached hydrogens (tertiary/aromatic N) is 3. The van der Waals surface area contributed by atoms with Gasteiger partial charge < -0.3 is 19.8 Å². The molecule has 2 heterocycles. The van der Waals surface area contributed by atoms with Crippen LogP contribution in [0.5, 0.6) is 5.75 Å². The molecule has 0 amide bonds. The number of rotatable bonds is 8. The third kappa shape index (κ3) is 6.95. The highest BCUT2D eigenvalue weighted by Crippen LogP contribution is 2.19. The summed E-state index contributed by atoms with van der Waals surface area (Å²) in [7, 11) is 1.75. The van der Waals surface area contributed by atoms with Crippen molar-refractivity contribution in [2.45, 2.75) is 46.3 Å². The molecule has 0 aliphatic carbocycles. The van der Waals surface area contributed by atoms with Crippen molar-refractivity contribution < 1.29 is 13.5 Å². The van der Waals surface area contributed by atoms with E-state index in [1.165, 1.54) is 6.07 Å². The molecular weight excluding hydrogens is 397 g/mol. The van der Waals surface area contributed by atoms with Crippen LogP contribution in [0.2, 0.25) is 0 Å². The minimum Gasteiger partial charge on any atom is -0.486 e. The van der Waals surface area contributed by atoms with Crippen LogP contribution in [-0.4, -0.2) is 55.2 Å². The molecule has 1 unspecified atom stereocenters. The van der Waals surface area contributed by atoms with Crippen LogP contribution in [0.3, 0.4) is 0 Å². The third-order valence-corrected chi connectivity index (χ3v) is 5.64. The highest BCUT2D eigenvalue weighted by Gasteiger charge is 2.21. The smallest absolute Gasteiger partial charge is 0.208 e. The van der Waals surface area contributed by atoms with Gasteiger partial charge in [-0.25, -0.2) is 9.37 Å². The zero-order valence-corrected chi connectivity index (χ0v) is 18.9. The van der Waals surface area contributed by atoms with Crippen molar-refractivity contribution in [2.24, 2.45) is 10.9 Å². The number of aliphatic imine (C=N–C) groups is 1. The van der Waals surface area contributed by atoms with Crippen LogP contribution in [0, 0.1) is 25.6 Å². The van der Waals surface area contributed by atoms with Gasteiger partial charge in [0.05, 0.1) is 18.8 Å². The summed E-state index contributed by atoms with van der Waals surface area (Å²) in [6.45, 7) is 10.1. The lowest BCUT2D eigenvalue weighted by atomic mass is 9.97. The maximum Gasteiger partial charge on any atom is 0.208 e. The van der Waals surface area contributed by atoms with Crippen LogP contribution in [0.1, 0.15) is 37.1 Å². The molecule has 1 aliphatic heterocycles. The highest BCUT2D eigenvalue weighted by atomic mass is 19.1. The Morgan fingerprint density at radius 3 is 2.68 bits per heavy atom. The first-order chi connectivity index (χ1) is 14.9. The van der Waals surface area contributed by atoms with Crippen molar-refractivity contribution in [3.05, 3.63) is 47.4 Å². The highest BCUT2D eigenvalue weighted by molar-refractivity contribution is 5.79. The van der Waals surface area contributed by atoms with Gasteiger partial charge in [-0.1, -0.05) is 12.1 Å². The Bertz CT molecular complexity index is 842. The van der Waals surface area contributed by atoms with Crippen LogP contribution in [0.15, 0.2) is 33.7 Å². The molecule has 3 rings (SSSR count). The van der Waals surface area contributed by atoms with Crippen molar-refractivity contribution in [1.29, 1.82) is 0 Å². The number of aromatic nitrogens is 1. The number of guanidine groups is 1. The molecule has 1 atom stereocenters. The molecule has 170 valence electrons. The minimum absolute atomic E-state index is 0.193. The molecule has 8 heteroatoms. The zero-order chi connectivity index (χ0) is 22.2. The normalized spacial score (nSPS) is 16.9. The van der Waals surface area contributed by atoms with Gasteiger partial charge in [0.15, 0.2) is 17.5 Å². The van der Waals surface area contributed by atoms with Gasteiger partial charge in [-0.15, -0.1) is 0 Å². The molecule has 2 aromatic rings. The van der Waals surface area contributed by atoms with E-state index in [2.05, 4.69) is 25.5 Å². The van der Waals surface area contributed by atoms with Gasteiger partial charge in [0.25, 0.3) is 0 Å². The molecule has 31 heavy (non-hydrogen) atoms. The third-order valence-electron chi connectivity index (χ3n) is 5.64. The number of halogens is 1. The summed E-state index contributed by atoms with van der Waals surface area (Å²) >= 11 is 0. The lowest BCUT2D eigenvalue weighted by Gasteiger charge is -2.31. The number of aryl methyl sites for hydroxylation is 2. The first kappa shape index (κ1) is 23.1. The van der Waals surface area contributed by atoms with Crippen molar-refractivity contribution >= 4 is 5.96 Å². The van der Waals surface area contributed by atoms with Gasteiger partial charge in [-0.2, -0.15) is 0 Å². The number of oxazole rings is 1. The standard InChI is InChI=1S/C23H34FN5O2/c1-16(30-21-8-6-5-7-20(21)24)13-26-23(25-4)27-14-19-9-11-29(12-10-19)15-22-28-17(2)18(3)31-22/h5-8,16,19H,9-15H2,1-4H3,(H2,25,26,27). The predicted octanol–water partition coefficient (Wildman–Crippen LogP) is 3.28. The van der Waals surface area contributed by atoms with Crippen molar-refractivity contribution in [2.75, 3.05) is 33.2 Å². The van der Waals surface area contributed by atoms with Crippen LogP contribution >= 0.6 is 0 Å². The summed E-state index contributed by atoms with van der Waals surface area (Å²) in [5.41, 5.74) is 0.974. The van der Waals surface area contributed by atoms with Crippen LogP contribution in [0.25, 0.3) is 0 Å². The molecule has 0 bridgehead atoms. The van der Waals surface area contributed by atoms with Crippen molar-refractivity contribution in [3.63, 3.8) is 0 Å². The maximum absolute atomic E-state index is 13.7. The molecule has 1 aromatic carbocycles. The molecule has 0 saturated carbocycles. The Morgan fingerprint density at radius 1 is 1.29 bits per heavy atom. The van der Waals surface area contributed by atoms with E-state index in [1.54, 1.807) is 25.2 Å². The number of hydrogen-bond donors (Lipinski definition) is 2. The number of nitrogens with one attached hydrogen (secondary N) is 2. The fourth-order valence-electron chi connectivity index (χ4n) is 3.65. The first-order valence-electron chi connectivity index (χ1n) is 11.0. The summed E-state index contributed by atoms with van der Waals surface area (Å²) in [5.74, 6) is 2.95. The topological polar surface area (TPSA) is 74.9 Å². The number of ether oxygens (including phenoxy) is 1. The fraction of sp³-hybridized carbons (Fsp3) is 0.565. The minimum atomic E-state index is -0.351. The fourth-order valence-corrected chi connectivity index (χ4v) is 3.65. The lowest BCUT2D eigenvalue weighted by Crippen LogP contribution is -2.45. The van der Waals surface area contributed by atoms with Crippen molar-refractivity contribution in [1.82, 2.24) is 20.5 Å². The predicted molar refractivity (Wildman–Crippen MR) is 120 cm³/mol. The molecular formula is C23H34FN5O2. The van der Waals surface area contributed by atoms with Crippen molar-refractivity contribution in [3.8, 4) is 5.75 Å². The molecule has 7 nitrogen and oxygen atoms in total. The maximum atomic E-state index is 13.7. The number of para-hydroxylation sites is 1. The zero-order valence-electron chi connectivity index (χ0n) is 18.9. The molecule has 1 saturated heterocycles. The number of piperidine rings is 1. The van der Waals surface area contributed by atoms with E-state index in [0.29, 0.717) is 12.5 Å². The van der Waals surface area contributed by atoms with Gasteiger partial charge in [0.2, 0.25) is 5.89 Å². The summed E-state index contributed by atoms with van der Waals surface area (Å²) in [4.78, 5) is 11.2. The molecule has 1 fully saturated rings. The Balaban J connectivity index is 1.35. The van der Waals surface area contributed by atoms with E-state index >= 15 is 0 Å². The average Bonchev–Trinajstić information content (AvgIpc) is 3.07. The van der Waals surface area contributed by atoms with Gasteiger partial charge >= 0.3 is 0 Å². The molecule has 0 radical (unpaired) electrons. The quantitative estimate of drug-likeness (QED) is 0.494.